The fourth-order valence-corrected chi connectivity index (χ4v) is 3.56. The van der Waals surface area contributed by atoms with Crippen LogP contribution in [0.2, 0.25) is 0 Å². The van der Waals surface area contributed by atoms with Gasteiger partial charge in [-0.25, -0.2) is 9.59 Å². The zero-order chi connectivity index (χ0) is 23.5. The maximum atomic E-state index is 13.2. The average Bonchev–Trinajstić information content (AvgIpc) is 2.70. The molecular weight excluding hydrogens is 406 g/mol. The minimum atomic E-state index is -1.20. The molecule has 1 aromatic carbocycles. The van der Waals surface area contributed by atoms with Gasteiger partial charge in [0.05, 0.1) is 23.5 Å². The van der Waals surface area contributed by atoms with E-state index in [-0.39, 0.29) is 16.8 Å². The number of carbonyl (C=O) groups is 3. The average molecular weight is 431 g/mol. The Morgan fingerprint density at radius 3 is 2.32 bits per heavy atom. The second kappa shape index (κ2) is 9.41. The summed E-state index contributed by atoms with van der Waals surface area (Å²) in [6.07, 6.45) is 0. The summed E-state index contributed by atoms with van der Waals surface area (Å²) < 4.78 is 4.89. The highest BCUT2D eigenvalue weighted by Gasteiger charge is 2.38. The molecule has 2 atom stereocenters. The van der Waals surface area contributed by atoms with Crippen LogP contribution in [0.4, 0.5) is 5.69 Å². The molecule has 2 unspecified atom stereocenters. The SMILES string of the molecule is COC(=O)C1=C(C)NC(C)=C(C(=O)NC(C(=O)O)C(C)C)C1c1cccc([N+](=O)[O-])c1. The molecule has 0 fully saturated rings. The summed E-state index contributed by atoms with van der Waals surface area (Å²) in [5.41, 5.74) is 1.13. The molecule has 31 heavy (non-hydrogen) atoms. The first kappa shape index (κ1) is 23.6. The Balaban J connectivity index is 2.66. The Kier molecular flexibility index (Phi) is 7.16. The highest BCUT2D eigenvalue weighted by molar-refractivity contribution is 6.03. The molecule has 0 aliphatic carbocycles. The number of nitrogens with one attached hydrogen (secondary N) is 2. The van der Waals surface area contributed by atoms with Crippen molar-refractivity contribution in [1.82, 2.24) is 10.6 Å². The van der Waals surface area contributed by atoms with Gasteiger partial charge in [-0.1, -0.05) is 26.0 Å². The first-order chi connectivity index (χ1) is 14.5. The molecule has 1 amide bonds. The van der Waals surface area contributed by atoms with E-state index in [9.17, 15) is 29.6 Å². The molecule has 10 nitrogen and oxygen atoms in total. The summed E-state index contributed by atoms with van der Waals surface area (Å²) in [7, 11) is 1.19. The lowest BCUT2D eigenvalue weighted by atomic mass is 9.79. The van der Waals surface area contributed by atoms with Gasteiger partial charge in [-0.2, -0.15) is 0 Å². The van der Waals surface area contributed by atoms with Gasteiger partial charge < -0.3 is 20.5 Å². The van der Waals surface area contributed by atoms with E-state index < -0.39 is 40.6 Å². The third-order valence-electron chi connectivity index (χ3n) is 5.04. The van der Waals surface area contributed by atoms with Crippen molar-refractivity contribution < 1.29 is 29.2 Å². The van der Waals surface area contributed by atoms with E-state index in [0.29, 0.717) is 17.0 Å². The normalized spacial score (nSPS) is 17.2. The fourth-order valence-electron chi connectivity index (χ4n) is 3.56. The van der Waals surface area contributed by atoms with Crippen molar-refractivity contribution >= 4 is 23.5 Å². The smallest absolute Gasteiger partial charge is 0.336 e. The topological polar surface area (TPSA) is 148 Å². The second-order valence-corrected chi connectivity index (χ2v) is 7.51. The number of carbonyl (C=O) groups excluding carboxylic acids is 2. The third kappa shape index (κ3) is 4.90. The molecule has 0 saturated heterocycles. The molecule has 1 heterocycles. The number of allylic oxidation sites excluding steroid dienone is 2. The Morgan fingerprint density at radius 1 is 1.19 bits per heavy atom. The van der Waals surface area contributed by atoms with Crippen LogP contribution in [-0.4, -0.2) is 41.0 Å². The molecule has 1 aromatic rings. The number of ether oxygens (including phenoxy) is 1. The second-order valence-electron chi connectivity index (χ2n) is 7.51. The maximum absolute atomic E-state index is 13.2. The summed E-state index contributed by atoms with van der Waals surface area (Å²) >= 11 is 0. The van der Waals surface area contributed by atoms with Gasteiger partial charge >= 0.3 is 11.9 Å². The van der Waals surface area contributed by atoms with Gasteiger partial charge in [0, 0.05) is 29.1 Å². The summed E-state index contributed by atoms with van der Waals surface area (Å²) in [6.45, 7) is 6.55. The lowest BCUT2D eigenvalue weighted by molar-refractivity contribution is -0.384. The van der Waals surface area contributed by atoms with Crippen LogP contribution >= 0.6 is 0 Å². The number of nitro groups is 1. The lowest BCUT2D eigenvalue weighted by Gasteiger charge is -2.31. The van der Waals surface area contributed by atoms with Gasteiger partial charge in [-0.05, 0) is 25.3 Å². The molecule has 1 aliphatic heterocycles. The van der Waals surface area contributed by atoms with Crippen LogP contribution in [-0.2, 0) is 19.1 Å². The molecule has 0 radical (unpaired) electrons. The molecule has 1 aliphatic rings. The van der Waals surface area contributed by atoms with E-state index in [1.54, 1.807) is 33.8 Å². The largest absolute Gasteiger partial charge is 0.480 e. The quantitative estimate of drug-likeness (QED) is 0.338. The van der Waals surface area contributed by atoms with E-state index in [1.165, 1.54) is 25.3 Å². The Bertz CT molecular complexity index is 994. The molecule has 166 valence electrons. The number of esters is 1. The minimum Gasteiger partial charge on any atom is -0.480 e. The van der Waals surface area contributed by atoms with Gasteiger partial charge in [0.2, 0.25) is 0 Å². The van der Waals surface area contributed by atoms with Crippen LogP contribution in [0.5, 0.6) is 0 Å². The molecule has 2 rings (SSSR count). The van der Waals surface area contributed by atoms with Gasteiger partial charge in [-0.15, -0.1) is 0 Å². The van der Waals surface area contributed by atoms with E-state index in [0.717, 1.165) is 0 Å². The summed E-state index contributed by atoms with van der Waals surface area (Å²) in [4.78, 5) is 48.1. The van der Waals surface area contributed by atoms with Crippen LogP contribution in [0.15, 0.2) is 46.8 Å². The molecule has 0 spiro atoms. The number of aliphatic carboxylic acids is 1. The van der Waals surface area contributed by atoms with Crippen LogP contribution < -0.4 is 10.6 Å². The number of methoxy groups -OCH3 is 1. The predicted molar refractivity (Wildman–Crippen MR) is 111 cm³/mol. The van der Waals surface area contributed by atoms with Crippen LogP contribution in [0, 0.1) is 16.0 Å². The number of rotatable bonds is 7. The Morgan fingerprint density at radius 2 is 1.81 bits per heavy atom. The van der Waals surface area contributed by atoms with Gasteiger partial charge in [-0.3, -0.25) is 14.9 Å². The first-order valence-corrected chi connectivity index (χ1v) is 9.54. The fraction of sp³-hybridized carbons (Fsp3) is 0.381. The summed E-state index contributed by atoms with van der Waals surface area (Å²) in [5.74, 6) is -3.99. The van der Waals surface area contributed by atoms with E-state index in [4.69, 9.17) is 4.74 Å². The minimum absolute atomic E-state index is 0.0818. The Labute approximate surface area is 179 Å². The molecule has 0 bridgehead atoms. The highest BCUT2D eigenvalue weighted by Crippen LogP contribution is 2.39. The molecule has 3 N–H and O–H groups in total. The number of nitrogens with zero attached hydrogens (tertiary/aromatic N) is 1. The van der Waals surface area contributed by atoms with Crippen LogP contribution in [0.3, 0.4) is 0 Å². The van der Waals surface area contributed by atoms with E-state index in [2.05, 4.69) is 10.6 Å². The van der Waals surface area contributed by atoms with Crippen molar-refractivity contribution in [3.63, 3.8) is 0 Å². The standard InChI is InChI=1S/C21H25N3O7/c1-10(2)18(20(26)27)23-19(25)15-11(3)22-12(4)16(21(28)31-5)17(15)13-7-6-8-14(9-13)24(29)30/h6-10,17-18,22H,1-5H3,(H,23,25)(H,26,27). The number of carboxylic acid groups (broad SMARTS) is 1. The van der Waals surface area contributed by atoms with Gasteiger partial charge in [0.25, 0.3) is 11.6 Å². The maximum Gasteiger partial charge on any atom is 0.336 e. The number of carboxylic acids is 1. The van der Waals surface area contributed by atoms with Gasteiger partial charge in [0.15, 0.2) is 0 Å². The molecular formula is C21H25N3O7. The van der Waals surface area contributed by atoms with Crippen LogP contribution in [0.1, 0.15) is 39.2 Å². The monoisotopic (exact) mass is 431 g/mol. The molecule has 0 aromatic heterocycles. The molecule has 0 saturated carbocycles. The number of hydrogen-bond acceptors (Lipinski definition) is 7. The lowest BCUT2D eigenvalue weighted by Crippen LogP contribution is -2.47. The van der Waals surface area contributed by atoms with Crippen LogP contribution in [0.25, 0.3) is 0 Å². The van der Waals surface area contributed by atoms with Crippen molar-refractivity contribution in [2.75, 3.05) is 7.11 Å². The third-order valence-corrected chi connectivity index (χ3v) is 5.04. The van der Waals surface area contributed by atoms with Crippen molar-refractivity contribution in [3.8, 4) is 0 Å². The Hall–Kier alpha value is -3.69. The van der Waals surface area contributed by atoms with E-state index in [1.807, 2.05) is 0 Å². The highest BCUT2D eigenvalue weighted by atomic mass is 16.6. The first-order valence-electron chi connectivity index (χ1n) is 9.54. The zero-order valence-corrected chi connectivity index (χ0v) is 17.9. The predicted octanol–water partition coefficient (Wildman–Crippen LogP) is 2.23. The zero-order valence-electron chi connectivity index (χ0n) is 17.9. The number of dihydropyridines is 1. The van der Waals surface area contributed by atoms with Gasteiger partial charge in [0.1, 0.15) is 6.04 Å². The van der Waals surface area contributed by atoms with Crippen molar-refractivity contribution in [2.45, 2.75) is 39.7 Å². The van der Waals surface area contributed by atoms with Crippen molar-refractivity contribution in [1.29, 1.82) is 0 Å². The summed E-state index contributed by atoms with van der Waals surface area (Å²) in [5, 5.41) is 26.2. The van der Waals surface area contributed by atoms with Crippen molar-refractivity contribution in [2.24, 2.45) is 5.92 Å². The summed E-state index contributed by atoms with van der Waals surface area (Å²) in [6, 6.07) is 4.45. The number of non-ortho nitro benzene ring substituents is 1. The number of amides is 1. The molecule has 10 heteroatoms. The number of benzene rings is 1. The van der Waals surface area contributed by atoms with E-state index >= 15 is 0 Å². The number of hydrogen-bond donors (Lipinski definition) is 3. The van der Waals surface area contributed by atoms with Crippen molar-refractivity contribution in [3.05, 3.63) is 62.5 Å². The number of nitro benzene ring substituents is 1.